The molecule has 8 nitrogen and oxygen atoms in total. The van der Waals surface area contributed by atoms with Crippen molar-refractivity contribution < 1.29 is 8.42 Å². The first kappa shape index (κ1) is 16.8. The lowest BCUT2D eigenvalue weighted by Crippen LogP contribution is -2.43. The van der Waals surface area contributed by atoms with Gasteiger partial charge in [0.25, 0.3) is 0 Å². The van der Waals surface area contributed by atoms with Crippen molar-refractivity contribution in [2.45, 2.75) is 12.3 Å². The van der Waals surface area contributed by atoms with Gasteiger partial charge in [-0.2, -0.15) is 5.10 Å². The van der Waals surface area contributed by atoms with Crippen LogP contribution in [-0.2, 0) is 17.1 Å². The van der Waals surface area contributed by atoms with Crippen molar-refractivity contribution in [1.82, 2.24) is 24.7 Å². The zero-order valence-corrected chi connectivity index (χ0v) is 14.1. The van der Waals surface area contributed by atoms with Crippen molar-refractivity contribution in [3.05, 3.63) is 18.0 Å². The molecule has 9 heteroatoms. The highest BCUT2D eigenvalue weighted by Gasteiger charge is 2.26. The number of guanidine groups is 1. The van der Waals surface area contributed by atoms with Crippen LogP contribution >= 0.6 is 0 Å². The van der Waals surface area contributed by atoms with Crippen LogP contribution < -0.4 is 10.0 Å². The molecule has 22 heavy (non-hydrogen) atoms. The van der Waals surface area contributed by atoms with Crippen LogP contribution in [0.15, 0.2) is 17.4 Å². The molecular formula is C13H24N6O2S. The highest BCUT2D eigenvalue weighted by Crippen LogP contribution is 2.26. The third-order valence-corrected chi connectivity index (χ3v) is 4.40. The highest BCUT2D eigenvalue weighted by atomic mass is 32.2. The van der Waals surface area contributed by atoms with Gasteiger partial charge in [-0.3, -0.25) is 9.67 Å². The lowest BCUT2D eigenvalue weighted by molar-refractivity contribution is 0.486. The summed E-state index contributed by atoms with van der Waals surface area (Å²) in [6, 6.07) is 0. The lowest BCUT2D eigenvalue weighted by Gasteiger charge is -2.21. The van der Waals surface area contributed by atoms with E-state index in [0.29, 0.717) is 19.0 Å². The minimum atomic E-state index is -3.14. The quantitative estimate of drug-likeness (QED) is 0.425. The topological polar surface area (TPSA) is 91.6 Å². The molecule has 0 spiro atoms. The number of likely N-dealkylation sites (tertiary alicyclic amines) is 1. The van der Waals surface area contributed by atoms with Gasteiger partial charge in [0.1, 0.15) is 0 Å². The number of rotatable bonds is 5. The van der Waals surface area contributed by atoms with Crippen LogP contribution in [0.5, 0.6) is 0 Å². The van der Waals surface area contributed by atoms with Crippen LogP contribution in [0, 0.1) is 0 Å². The number of hydrogen-bond donors (Lipinski definition) is 2. The fraction of sp³-hybridized carbons (Fsp3) is 0.692. The van der Waals surface area contributed by atoms with Gasteiger partial charge >= 0.3 is 0 Å². The van der Waals surface area contributed by atoms with E-state index in [0.717, 1.165) is 31.7 Å². The van der Waals surface area contributed by atoms with Crippen molar-refractivity contribution >= 4 is 16.0 Å². The molecule has 124 valence electrons. The van der Waals surface area contributed by atoms with Crippen molar-refractivity contribution in [2.24, 2.45) is 12.0 Å². The van der Waals surface area contributed by atoms with Crippen LogP contribution in [0.3, 0.4) is 0 Å². The van der Waals surface area contributed by atoms with Crippen molar-refractivity contribution in [3.8, 4) is 0 Å². The van der Waals surface area contributed by atoms with Crippen LogP contribution in [0.2, 0.25) is 0 Å². The largest absolute Gasteiger partial charge is 0.355 e. The van der Waals surface area contributed by atoms with E-state index in [-0.39, 0.29) is 0 Å². The number of aromatic nitrogens is 2. The smallest absolute Gasteiger partial charge is 0.208 e. The fourth-order valence-corrected chi connectivity index (χ4v) is 3.09. The average molecular weight is 328 g/mol. The first-order valence-electron chi connectivity index (χ1n) is 7.28. The van der Waals surface area contributed by atoms with Crippen LogP contribution in [0.4, 0.5) is 0 Å². The van der Waals surface area contributed by atoms with Crippen molar-refractivity contribution in [3.63, 3.8) is 0 Å². The van der Waals surface area contributed by atoms with Gasteiger partial charge < -0.3 is 10.2 Å². The van der Waals surface area contributed by atoms with Gasteiger partial charge in [-0.1, -0.05) is 0 Å². The summed E-state index contributed by atoms with van der Waals surface area (Å²) in [6.45, 7) is 2.68. The van der Waals surface area contributed by atoms with Gasteiger partial charge in [0.2, 0.25) is 10.0 Å². The van der Waals surface area contributed by atoms with E-state index in [1.807, 2.05) is 17.9 Å². The number of nitrogens with one attached hydrogen (secondary N) is 2. The molecule has 1 aliphatic rings. The number of sulfonamides is 1. The van der Waals surface area contributed by atoms with Gasteiger partial charge in [-0.15, -0.1) is 0 Å². The van der Waals surface area contributed by atoms with E-state index >= 15 is 0 Å². The van der Waals surface area contributed by atoms with E-state index < -0.39 is 10.0 Å². The van der Waals surface area contributed by atoms with Crippen LogP contribution in [0.1, 0.15) is 17.9 Å². The third kappa shape index (κ3) is 4.70. The Morgan fingerprint density at radius 3 is 2.86 bits per heavy atom. The summed E-state index contributed by atoms with van der Waals surface area (Å²) in [6.07, 6.45) is 6.19. The second-order valence-electron chi connectivity index (χ2n) is 5.52. The summed E-state index contributed by atoms with van der Waals surface area (Å²) >= 11 is 0. The molecule has 1 unspecified atom stereocenters. The number of hydrogen-bond acceptors (Lipinski definition) is 4. The summed E-state index contributed by atoms with van der Waals surface area (Å²) < 4.78 is 26.3. The minimum Gasteiger partial charge on any atom is -0.355 e. The van der Waals surface area contributed by atoms with Gasteiger partial charge in [-0.05, 0) is 12.0 Å². The second-order valence-corrected chi connectivity index (χ2v) is 7.35. The first-order valence-corrected chi connectivity index (χ1v) is 9.17. The Morgan fingerprint density at radius 1 is 1.50 bits per heavy atom. The summed E-state index contributed by atoms with van der Waals surface area (Å²) in [5, 5.41) is 7.41. The monoisotopic (exact) mass is 328 g/mol. The maximum Gasteiger partial charge on any atom is 0.208 e. The van der Waals surface area contributed by atoms with E-state index in [1.165, 1.54) is 5.56 Å². The van der Waals surface area contributed by atoms with E-state index in [2.05, 4.69) is 31.2 Å². The Hall–Kier alpha value is -1.61. The summed E-state index contributed by atoms with van der Waals surface area (Å²) in [5.41, 5.74) is 1.25. The highest BCUT2D eigenvalue weighted by molar-refractivity contribution is 7.88. The molecular weight excluding hydrogens is 304 g/mol. The molecule has 1 aromatic heterocycles. The molecule has 2 N–H and O–H groups in total. The molecule has 1 fully saturated rings. The Labute approximate surface area is 131 Å². The van der Waals surface area contributed by atoms with E-state index in [9.17, 15) is 8.42 Å². The van der Waals surface area contributed by atoms with E-state index in [1.54, 1.807) is 7.05 Å². The average Bonchev–Trinajstić information content (AvgIpc) is 3.06. The fourth-order valence-electron chi connectivity index (χ4n) is 2.62. The van der Waals surface area contributed by atoms with Crippen LogP contribution in [0.25, 0.3) is 0 Å². The first-order chi connectivity index (χ1) is 10.4. The van der Waals surface area contributed by atoms with Gasteiger partial charge in [0.15, 0.2) is 5.96 Å². The number of aryl methyl sites for hydroxylation is 1. The molecule has 1 aromatic rings. The zero-order valence-electron chi connectivity index (χ0n) is 13.3. The standard InChI is InChI=1S/C13H24N6O2S/c1-14-13(15-5-6-17-22(3,20)21)19-7-4-11(10-19)12-8-16-18(2)9-12/h8-9,11,17H,4-7,10H2,1-3H3,(H,14,15). The normalized spacial score (nSPS) is 19.7. The molecule has 0 aliphatic carbocycles. The molecule has 0 bridgehead atoms. The molecule has 1 aliphatic heterocycles. The van der Waals surface area contributed by atoms with Crippen molar-refractivity contribution in [1.29, 1.82) is 0 Å². The van der Waals surface area contributed by atoms with E-state index in [4.69, 9.17) is 0 Å². The molecule has 0 radical (unpaired) electrons. The number of nitrogens with zero attached hydrogens (tertiary/aromatic N) is 4. The maximum atomic E-state index is 11.0. The molecule has 2 heterocycles. The Balaban J connectivity index is 1.82. The predicted octanol–water partition coefficient (Wildman–Crippen LogP) is -0.666. The molecule has 0 saturated carbocycles. The molecule has 0 amide bonds. The Morgan fingerprint density at radius 2 is 2.27 bits per heavy atom. The Bertz CT molecular complexity index is 624. The SMILES string of the molecule is CN=C(NCCNS(C)(=O)=O)N1CCC(c2cnn(C)c2)C1. The molecule has 1 saturated heterocycles. The van der Waals surface area contributed by atoms with Gasteiger partial charge in [-0.25, -0.2) is 13.1 Å². The Kier molecular flexibility index (Phi) is 5.41. The van der Waals surface area contributed by atoms with Gasteiger partial charge in [0.05, 0.1) is 12.5 Å². The third-order valence-electron chi connectivity index (χ3n) is 3.67. The molecule has 1 atom stereocenters. The summed E-state index contributed by atoms with van der Waals surface area (Å²) in [4.78, 5) is 6.46. The minimum absolute atomic E-state index is 0.345. The second kappa shape index (κ2) is 7.10. The van der Waals surface area contributed by atoms with Crippen LogP contribution in [-0.4, -0.2) is 68.5 Å². The lowest BCUT2D eigenvalue weighted by atomic mass is 10.0. The predicted molar refractivity (Wildman–Crippen MR) is 86.3 cm³/mol. The summed E-state index contributed by atoms with van der Waals surface area (Å²) in [5.74, 6) is 1.27. The molecule has 0 aromatic carbocycles. The zero-order chi connectivity index (χ0) is 16.2. The summed E-state index contributed by atoms with van der Waals surface area (Å²) in [7, 11) is 0.519. The number of aliphatic imine (C=N–C) groups is 1. The maximum absolute atomic E-state index is 11.0. The molecule has 2 rings (SSSR count). The van der Waals surface area contributed by atoms with Crippen molar-refractivity contribution in [2.75, 3.05) is 39.5 Å². The van der Waals surface area contributed by atoms with Gasteiger partial charge in [0, 0.05) is 52.4 Å².